The lowest BCUT2D eigenvalue weighted by Gasteiger charge is -2.36. The number of hydrogen-bond donors (Lipinski definition) is 1. The van der Waals surface area contributed by atoms with E-state index in [1.165, 1.54) is 0 Å². The number of piperidine rings is 1. The zero-order valence-corrected chi connectivity index (χ0v) is 9.35. The van der Waals surface area contributed by atoms with Crippen LogP contribution in [-0.2, 0) is 4.74 Å². The number of aliphatic hydroxyl groups is 1. The Morgan fingerprint density at radius 3 is 2.33 bits per heavy atom. The van der Waals surface area contributed by atoms with Gasteiger partial charge in [-0.3, -0.25) is 0 Å². The maximum atomic E-state index is 11.8. The van der Waals surface area contributed by atoms with Crippen molar-refractivity contribution in [3.05, 3.63) is 0 Å². The molecule has 15 heavy (non-hydrogen) atoms. The lowest BCUT2D eigenvalue weighted by Crippen LogP contribution is -2.48. The van der Waals surface area contributed by atoms with Gasteiger partial charge in [0.2, 0.25) is 0 Å². The standard InChI is InChI=1S/C11H19NO3/c1-7(2)15-11(14)12-8-3-4-9(12)6-10(13)5-8/h7-10,13H,3-6H2,1-2H3. The molecule has 86 valence electrons. The van der Waals surface area contributed by atoms with Gasteiger partial charge in [-0.1, -0.05) is 0 Å². The van der Waals surface area contributed by atoms with Crippen molar-refractivity contribution in [3.63, 3.8) is 0 Å². The van der Waals surface area contributed by atoms with Crippen molar-refractivity contribution >= 4 is 6.09 Å². The van der Waals surface area contributed by atoms with E-state index in [4.69, 9.17) is 4.74 Å². The van der Waals surface area contributed by atoms with Crippen LogP contribution in [0.15, 0.2) is 0 Å². The molecule has 2 bridgehead atoms. The topological polar surface area (TPSA) is 49.8 Å². The molecule has 0 aromatic carbocycles. The SMILES string of the molecule is CC(C)OC(=O)N1C2CCC1CC(O)C2. The molecule has 0 aliphatic carbocycles. The highest BCUT2D eigenvalue weighted by Gasteiger charge is 2.43. The van der Waals surface area contributed by atoms with Gasteiger partial charge < -0.3 is 14.7 Å². The van der Waals surface area contributed by atoms with Crippen LogP contribution in [0.4, 0.5) is 4.79 Å². The van der Waals surface area contributed by atoms with Crippen LogP contribution in [0.3, 0.4) is 0 Å². The van der Waals surface area contributed by atoms with Crippen LogP contribution in [0.2, 0.25) is 0 Å². The highest BCUT2D eigenvalue weighted by Crippen LogP contribution is 2.36. The second-order valence-corrected chi connectivity index (χ2v) is 4.85. The van der Waals surface area contributed by atoms with Gasteiger partial charge in [0.1, 0.15) is 0 Å². The predicted molar refractivity (Wildman–Crippen MR) is 55.5 cm³/mol. The van der Waals surface area contributed by atoms with Gasteiger partial charge in [0.25, 0.3) is 0 Å². The van der Waals surface area contributed by atoms with E-state index in [0.29, 0.717) is 12.8 Å². The minimum absolute atomic E-state index is 0.0660. The minimum atomic E-state index is -0.231. The molecule has 2 saturated heterocycles. The molecular weight excluding hydrogens is 194 g/mol. The average molecular weight is 213 g/mol. The fourth-order valence-electron chi connectivity index (χ4n) is 2.71. The summed E-state index contributed by atoms with van der Waals surface area (Å²) in [4.78, 5) is 13.6. The van der Waals surface area contributed by atoms with E-state index in [-0.39, 0.29) is 30.4 Å². The summed E-state index contributed by atoms with van der Waals surface area (Å²) in [6.07, 6.45) is 2.94. The van der Waals surface area contributed by atoms with Crippen molar-refractivity contribution in [3.8, 4) is 0 Å². The van der Waals surface area contributed by atoms with Crippen molar-refractivity contribution in [1.29, 1.82) is 0 Å². The summed E-state index contributed by atoms with van der Waals surface area (Å²) in [7, 11) is 0. The van der Waals surface area contributed by atoms with Gasteiger partial charge in [-0.2, -0.15) is 0 Å². The van der Waals surface area contributed by atoms with Gasteiger partial charge >= 0.3 is 6.09 Å². The van der Waals surface area contributed by atoms with Crippen molar-refractivity contribution < 1.29 is 14.6 Å². The molecule has 0 saturated carbocycles. The van der Waals surface area contributed by atoms with Gasteiger partial charge in [-0.25, -0.2) is 4.79 Å². The molecule has 0 radical (unpaired) electrons. The van der Waals surface area contributed by atoms with E-state index in [9.17, 15) is 9.90 Å². The summed E-state index contributed by atoms with van der Waals surface area (Å²) in [5, 5.41) is 9.59. The third kappa shape index (κ3) is 2.09. The first-order valence-electron chi connectivity index (χ1n) is 5.75. The number of aliphatic hydroxyl groups excluding tert-OH is 1. The molecule has 2 rings (SSSR count). The molecule has 0 spiro atoms. The summed E-state index contributed by atoms with van der Waals surface area (Å²) < 4.78 is 5.21. The molecule has 2 unspecified atom stereocenters. The predicted octanol–water partition coefficient (Wildman–Crippen LogP) is 1.52. The Morgan fingerprint density at radius 1 is 1.33 bits per heavy atom. The summed E-state index contributed by atoms with van der Waals surface area (Å²) in [6, 6.07) is 0.398. The number of fused-ring (bicyclic) bond motifs is 2. The number of rotatable bonds is 1. The number of carbonyl (C=O) groups excluding carboxylic acids is 1. The number of nitrogens with zero attached hydrogens (tertiary/aromatic N) is 1. The highest BCUT2D eigenvalue weighted by molar-refractivity contribution is 5.69. The van der Waals surface area contributed by atoms with Crippen LogP contribution in [0.5, 0.6) is 0 Å². The molecule has 4 nitrogen and oxygen atoms in total. The Labute approximate surface area is 90.2 Å². The lowest BCUT2D eigenvalue weighted by molar-refractivity contribution is 0.0148. The first kappa shape index (κ1) is 10.7. The fourth-order valence-corrected chi connectivity index (χ4v) is 2.71. The van der Waals surface area contributed by atoms with Crippen LogP contribution < -0.4 is 0 Å². The molecule has 4 heteroatoms. The normalized spacial score (nSPS) is 34.7. The first-order chi connectivity index (χ1) is 7.08. The van der Waals surface area contributed by atoms with Crippen molar-refractivity contribution in [2.45, 2.75) is 63.8 Å². The van der Waals surface area contributed by atoms with Crippen LogP contribution >= 0.6 is 0 Å². The zero-order chi connectivity index (χ0) is 11.0. The minimum Gasteiger partial charge on any atom is -0.447 e. The van der Waals surface area contributed by atoms with Gasteiger partial charge in [0.05, 0.1) is 12.2 Å². The first-order valence-corrected chi connectivity index (χ1v) is 5.75. The molecule has 1 N–H and O–H groups in total. The third-order valence-corrected chi connectivity index (χ3v) is 3.26. The molecule has 2 aliphatic rings. The summed E-state index contributed by atoms with van der Waals surface area (Å²) in [6.45, 7) is 3.72. The molecule has 2 heterocycles. The van der Waals surface area contributed by atoms with Crippen molar-refractivity contribution in [2.75, 3.05) is 0 Å². The molecule has 2 atom stereocenters. The van der Waals surface area contributed by atoms with E-state index < -0.39 is 0 Å². The zero-order valence-electron chi connectivity index (χ0n) is 9.35. The number of amides is 1. The third-order valence-electron chi connectivity index (χ3n) is 3.26. The average Bonchev–Trinajstić information content (AvgIpc) is 2.38. The quantitative estimate of drug-likeness (QED) is 0.718. The van der Waals surface area contributed by atoms with Crippen molar-refractivity contribution in [2.24, 2.45) is 0 Å². The maximum absolute atomic E-state index is 11.8. The molecule has 0 aromatic heterocycles. The Morgan fingerprint density at radius 2 is 1.87 bits per heavy atom. The highest BCUT2D eigenvalue weighted by atomic mass is 16.6. The Hall–Kier alpha value is -0.770. The van der Waals surface area contributed by atoms with E-state index >= 15 is 0 Å². The van der Waals surface area contributed by atoms with E-state index in [1.807, 2.05) is 18.7 Å². The second-order valence-electron chi connectivity index (χ2n) is 4.85. The summed E-state index contributed by atoms with van der Waals surface area (Å²) in [5.74, 6) is 0. The van der Waals surface area contributed by atoms with Gasteiger partial charge in [-0.15, -0.1) is 0 Å². The van der Waals surface area contributed by atoms with Crippen LogP contribution in [0, 0.1) is 0 Å². The Bertz CT molecular complexity index is 240. The van der Waals surface area contributed by atoms with Crippen LogP contribution in [0.1, 0.15) is 39.5 Å². The van der Waals surface area contributed by atoms with Gasteiger partial charge in [-0.05, 0) is 39.5 Å². The molecular formula is C11H19NO3. The van der Waals surface area contributed by atoms with E-state index in [2.05, 4.69) is 0 Å². The van der Waals surface area contributed by atoms with Crippen LogP contribution in [-0.4, -0.2) is 40.4 Å². The molecule has 0 aromatic rings. The van der Waals surface area contributed by atoms with E-state index in [0.717, 1.165) is 12.8 Å². The Balaban J connectivity index is 2.01. The summed E-state index contributed by atoms with van der Waals surface area (Å²) in [5.41, 5.74) is 0. The fraction of sp³-hybridized carbons (Fsp3) is 0.909. The number of carbonyl (C=O) groups is 1. The van der Waals surface area contributed by atoms with Gasteiger partial charge in [0, 0.05) is 12.1 Å². The summed E-state index contributed by atoms with van der Waals surface area (Å²) >= 11 is 0. The largest absolute Gasteiger partial charge is 0.447 e. The Kier molecular flexibility index (Phi) is 2.87. The number of ether oxygens (including phenoxy) is 1. The molecule has 2 aliphatic heterocycles. The monoisotopic (exact) mass is 213 g/mol. The lowest BCUT2D eigenvalue weighted by atomic mass is 10.0. The van der Waals surface area contributed by atoms with Gasteiger partial charge in [0.15, 0.2) is 0 Å². The smallest absolute Gasteiger partial charge is 0.410 e. The maximum Gasteiger partial charge on any atom is 0.410 e. The molecule has 1 amide bonds. The molecule has 2 fully saturated rings. The van der Waals surface area contributed by atoms with Crippen LogP contribution in [0.25, 0.3) is 0 Å². The van der Waals surface area contributed by atoms with Crippen molar-refractivity contribution in [1.82, 2.24) is 4.90 Å². The van der Waals surface area contributed by atoms with E-state index in [1.54, 1.807) is 0 Å². The second kappa shape index (κ2) is 4.00. The number of hydrogen-bond acceptors (Lipinski definition) is 3.